The summed E-state index contributed by atoms with van der Waals surface area (Å²) >= 11 is 0. The number of rotatable bonds is 3. The monoisotopic (exact) mass is 243 g/mol. The first-order valence-electron chi connectivity index (χ1n) is 6.41. The normalized spacial score (nSPS) is 13.0. The van der Waals surface area contributed by atoms with Gasteiger partial charge in [0.1, 0.15) is 0 Å². The molecule has 1 aromatic heterocycles. The van der Waals surface area contributed by atoms with E-state index < -0.39 is 0 Å². The van der Waals surface area contributed by atoms with E-state index in [0.29, 0.717) is 6.04 Å². The Morgan fingerprint density at radius 2 is 1.78 bits per heavy atom. The molecule has 3 heteroatoms. The number of aryl methyl sites for hydroxylation is 1. The predicted octanol–water partition coefficient (Wildman–Crippen LogP) is 3.46. The van der Waals surface area contributed by atoms with Crippen LogP contribution in [0, 0.1) is 6.92 Å². The molecule has 0 bridgehead atoms. The van der Waals surface area contributed by atoms with Crippen LogP contribution in [0.1, 0.15) is 44.1 Å². The van der Waals surface area contributed by atoms with E-state index in [4.69, 9.17) is 5.73 Å². The van der Waals surface area contributed by atoms with Crippen molar-refractivity contribution in [3.63, 3.8) is 0 Å². The maximum absolute atomic E-state index is 6.04. The van der Waals surface area contributed by atoms with Crippen molar-refractivity contribution in [2.75, 3.05) is 0 Å². The molecular formula is C15H21N3. The van der Waals surface area contributed by atoms with Crippen molar-refractivity contribution >= 4 is 0 Å². The SMILES string of the molecule is Cc1nn(C(C)C)cc1-c1ccccc1C(C)N. The first-order valence-corrected chi connectivity index (χ1v) is 6.41. The molecule has 2 aromatic rings. The molecule has 0 saturated carbocycles. The van der Waals surface area contributed by atoms with Gasteiger partial charge >= 0.3 is 0 Å². The van der Waals surface area contributed by atoms with Crippen molar-refractivity contribution in [2.24, 2.45) is 5.73 Å². The summed E-state index contributed by atoms with van der Waals surface area (Å²) in [6.45, 7) is 8.33. The Bertz CT molecular complexity index is 538. The average Bonchev–Trinajstić information content (AvgIpc) is 2.71. The molecule has 1 aromatic carbocycles. The Morgan fingerprint density at radius 1 is 1.11 bits per heavy atom. The summed E-state index contributed by atoms with van der Waals surface area (Å²) in [7, 11) is 0. The van der Waals surface area contributed by atoms with Crippen LogP contribution in [0.2, 0.25) is 0 Å². The fourth-order valence-electron chi connectivity index (χ4n) is 2.15. The van der Waals surface area contributed by atoms with Crippen LogP contribution in [0.3, 0.4) is 0 Å². The molecule has 0 aliphatic carbocycles. The maximum atomic E-state index is 6.04. The lowest BCUT2D eigenvalue weighted by Crippen LogP contribution is -2.06. The lowest BCUT2D eigenvalue weighted by atomic mass is 9.96. The molecule has 0 amide bonds. The number of aromatic nitrogens is 2. The fourth-order valence-corrected chi connectivity index (χ4v) is 2.15. The number of hydrogen-bond acceptors (Lipinski definition) is 2. The topological polar surface area (TPSA) is 43.8 Å². The molecule has 0 aliphatic heterocycles. The molecule has 0 saturated heterocycles. The van der Waals surface area contributed by atoms with E-state index in [9.17, 15) is 0 Å². The largest absolute Gasteiger partial charge is 0.324 e. The molecule has 0 spiro atoms. The van der Waals surface area contributed by atoms with Crippen LogP contribution in [0.15, 0.2) is 30.5 Å². The number of nitrogens with zero attached hydrogens (tertiary/aromatic N) is 2. The first kappa shape index (κ1) is 12.8. The lowest BCUT2D eigenvalue weighted by Gasteiger charge is -2.11. The average molecular weight is 243 g/mol. The Morgan fingerprint density at radius 3 is 2.33 bits per heavy atom. The quantitative estimate of drug-likeness (QED) is 0.897. The summed E-state index contributed by atoms with van der Waals surface area (Å²) in [5.41, 5.74) is 10.6. The van der Waals surface area contributed by atoms with Crippen LogP contribution in [-0.4, -0.2) is 9.78 Å². The molecule has 2 rings (SSSR count). The Kier molecular flexibility index (Phi) is 3.53. The molecule has 0 aliphatic rings. The molecule has 96 valence electrons. The summed E-state index contributed by atoms with van der Waals surface area (Å²) < 4.78 is 2.00. The number of nitrogens with two attached hydrogens (primary N) is 1. The third-order valence-electron chi connectivity index (χ3n) is 3.19. The highest BCUT2D eigenvalue weighted by Gasteiger charge is 2.13. The van der Waals surface area contributed by atoms with E-state index in [0.717, 1.165) is 5.69 Å². The van der Waals surface area contributed by atoms with Gasteiger partial charge < -0.3 is 5.73 Å². The highest BCUT2D eigenvalue weighted by molar-refractivity contribution is 5.69. The Balaban J connectivity index is 2.55. The van der Waals surface area contributed by atoms with E-state index in [1.54, 1.807) is 0 Å². The van der Waals surface area contributed by atoms with Gasteiger partial charge in [-0.3, -0.25) is 4.68 Å². The zero-order valence-electron chi connectivity index (χ0n) is 11.5. The summed E-state index contributed by atoms with van der Waals surface area (Å²) in [5, 5.41) is 4.56. The van der Waals surface area contributed by atoms with E-state index in [-0.39, 0.29) is 6.04 Å². The predicted molar refractivity (Wildman–Crippen MR) is 75.4 cm³/mol. The van der Waals surface area contributed by atoms with Gasteiger partial charge in [-0.1, -0.05) is 24.3 Å². The second-order valence-corrected chi connectivity index (χ2v) is 5.08. The summed E-state index contributed by atoms with van der Waals surface area (Å²) in [4.78, 5) is 0. The van der Waals surface area contributed by atoms with Gasteiger partial charge in [0.2, 0.25) is 0 Å². The van der Waals surface area contributed by atoms with Gasteiger partial charge in [-0.2, -0.15) is 5.10 Å². The molecule has 0 radical (unpaired) electrons. The third-order valence-corrected chi connectivity index (χ3v) is 3.19. The highest BCUT2D eigenvalue weighted by Crippen LogP contribution is 2.29. The molecule has 1 unspecified atom stereocenters. The van der Waals surface area contributed by atoms with Gasteiger partial charge in [0.15, 0.2) is 0 Å². The van der Waals surface area contributed by atoms with Crippen LogP contribution in [0.25, 0.3) is 11.1 Å². The van der Waals surface area contributed by atoms with Crippen molar-refractivity contribution in [2.45, 2.75) is 39.8 Å². The highest BCUT2D eigenvalue weighted by atomic mass is 15.3. The second kappa shape index (κ2) is 4.94. The standard InChI is InChI=1S/C15H21N3/c1-10(2)18-9-15(12(4)17-18)14-8-6-5-7-13(14)11(3)16/h5-11H,16H2,1-4H3. The minimum Gasteiger partial charge on any atom is -0.324 e. The zero-order chi connectivity index (χ0) is 13.3. The minimum absolute atomic E-state index is 0.0306. The molecule has 3 nitrogen and oxygen atoms in total. The van der Waals surface area contributed by atoms with Crippen molar-refractivity contribution in [3.05, 3.63) is 41.7 Å². The van der Waals surface area contributed by atoms with Crippen LogP contribution >= 0.6 is 0 Å². The first-order chi connectivity index (χ1) is 8.50. The van der Waals surface area contributed by atoms with Crippen LogP contribution in [0.5, 0.6) is 0 Å². The Labute approximate surface area is 109 Å². The van der Waals surface area contributed by atoms with Gasteiger partial charge in [0.25, 0.3) is 0 Å². The lowest BCUT2D eigenvalue weighted by molar-refractivity contribution is 0.529. The van der Waals surface area contributed by atoms with Crippen molar-refractivity contribution in [1.82, 2.24) is 9.78 Å². The minimum atomic E-state index is 0.0306. The third kappa shape index (κ3) is 2.31. The van der Waals surface area contributed by atoms with Crippen molar-refractivity contribution in [3.8, 4) is 11.1 Å². The summed E-state index contributed by atoms with van der Waals surface area (Å²) in [6, 6.07) is 8.69. The van der Waals surface area contributed by atoms with Gasteiger partial charge in [-0.05, 0) is 38.8 Å². The van der Waals surface area contributed by atoms with Gasteiger partial charge in [0, 0.05) is 23.8 Å². The maximum Gasteiger partial charge on any atom is 0.0672 e. The summed E-state index contributed by atoms with van der Waals surface area (Å²) in [5.74, 6) is 0. The van der Waals surface area contributed by atoms with Crippen LogP contribution in [-0.2, 0) is 0 Å². The van der Waals surface area contributed by atoms with Crippen LogP contribution < -0.4 is 5.73 Å². The van der Waals surface area contributed by atoms with E-state index in [1.807, 2.05) is 30.7 Å². The van der Waals surface area contributed by atoms with Gasteiger partial charge in [-0.15, -0.1) is 0 Å². The summed E-state index contributed by atoms with van der Waals surface area (Å²) in [6.07, 6.45) is 2.11. The molecule has 18 heavy (non-hydrogen) atoms. The van der Waals surface area contributed by atoms with E-state index in [1.165, 1.54) is 16.7 Å². The molecule has 1 heterocycles. The van der Waals surface area contributed by atoms with Crippen molar-refractivity contribution in [1.29, 1.82) is 0 Å². The Hall–Kier alpha value is -1.61. The second-order valence-electron chi connectivity index (χ2n) is 5.08. The molecule has 0 fully saturated rings. The van der Waals surface area contributed by atoms with Gasteiger partial charge in [0.05, 0.1) is 5.69 Å². The molecule has 1 atom stereocenters. The van der Waals surface area contributed by atoms with Crippen LogP contribution in [0.4, 0.5) is 0 Å². The van der Waals surface area contributed by atoms with Crippen molar-refractivity contribution < 1.29 is 0 Å². The van der Waals surface area contributed by atoms with E-state index >= 15 is 0 Å². The zero-order valence-corrected chi connectivity index (χ0v) is 11.5. The number of benzene rings is 1. The number of hydrogen-bond donors (Lipinski definition) is 1. The molecule has 2 N–H and O–H groups in total. The van der Waals surface area contributed by atoms with Gasteiger partial charge in [-0.25, -0.2) is 0 Å². The smallest absolute Gasteiger partial charge is 0.0672 e. The molecular weight excluding hydrogens is 222 g/mol. The van der Waals surface area contributed by atoms with E-state index in [2.05, 4.69) is 37.3 Å². The fraction of sp³-hybridized carbons (Fsp3) is 0.400.